The summed E-state index contributed by atoms with van der Waals surface area (Å²) in [6, 6.07) is 0. The monoisotopic (exact) mass is 162 g/mol. The summed E-state index contributed by atoms with van der Waals surface area (Å²) in [7, 11) is 1.53. The third kappa shape index (κ3) is 1.90. The second kappa shape index (κ2) is 4.01. The van der Waals surface area contributed by atoms with E-state index in [4.69, 9.17) is 14.6 Å². The molecule has 2 N–H and O–H groups in total. The molecule has 0 radical (unpaired) electrons. The van der Waals surface area contributed by atoms with E-state index in [2.05, 4.69) is 0 Å². The molecule has 0 bridgehead atoms. The summed E-state index contributed by atoms with van der Waals surface area (Å²) in [6.45, 7) is 0.369. The highest BCUT2D eigenvalue weighted by Crippen LogP contribution is 2.24. The van der Waals surface area contributed by atoms with Gasteiger partial charge in [-0.1, -0.05) is 0 Å². The lowest BCUT2D eigenvalue weighted by Crippen LogP contribution is -2.26. The van der Waals surface area contributed by atoms with Crippen LogP contribution in [0.4, 0.5) is 0 Å². The summed E-state index contributed by atoms with van der Waals surface area (Å²) in [5.74, 6) is -0.0787. The van der Waals surface area contributed by atoms with Crippen LogP contribution in [-0.2, 0) is 9.47 Å². The zero-order valence-corrected chi connectivity index (χ0v) is 6.56. The van der Waals surface area contributed by atoms with Gasteiger partial charge in [-0.15, -0.1) is 0 Å². The van der Waals surface area contributed by atoms with Crippen molar-refractivity contribution in [3.8, 4) is 0 Å². The zero-order chi connectivity index (χ0) is 8.27. The van der Waals surface area contributed by atoms with Crippen molar-refractivity contribution in [2.75, 3.05) is 20.3 Å². The molecule has 0 aromatic carbocycles. The van der Waals surface area contributed by atoms with E-state index in [9.17, 15) is 5.11 Å². The first-order valence-corrected chi connectivity index (χ1v) is 3.73. The topological polar surface area (TPSA) is 58.9 Å². The van der Waals surface area contributed by atoms with Crippen molar-refractivity contribution in [1.29, 1.82) is 0 Å². The molecule has 0 amide bonds. The predicted molar refractivity (Wildman–Crippen MR) is 37.9 cm³/mol. The molecule has 1 rings (SSSR count). The molecule has 0 aliphatic carbocycles. The number of hydrogen-bond acceptors (Lipinski definition) is 4. The van der Waals surface area contributed by atoms with Crippen LogP contribution in [0.25, 0.3) is 0 Å². The molecule has 11 heavy (non-hydrogen) atoms. The number of methoxy groups -OCH3 is 1. The van der Waals surface area contributed by atoms with Gasteiger partial charge in [0.1, 0.15) is 0 Å². The molecule has 1 fully saturated rings. The lowest BCUT2D eigenvalue weighted by Gasteiger charge is -2.17. The molecule has 4 nitrogen and oxygen atoms in total. The molecule has 0 aromatic heterocycles. The highest BCUT2D eigenvalue weighted by Gasteiger charge is 2.35. The largest absolute Gasteiger partial charge is 0.396 e. The van der Waals surface area contributed by atoms with Gasteiger partial charge < -0.3 is 19.7 Å². The first-order valence-electron chi connectivity index (χ1n) is 3.73. The maximum Gasteiger partial charge on any atom is 0.162 e. The molecule has 1 saturated heterocycles. The Kier molecular flexibility index (Phi) is 3.26. The molecule has 1 heterocycles. The van der Waals surface area contributed by atoms with Gasteiger partial charge in [0.05, 0.1) is 12.7 Å². The quantitative estimate of drug-likeness (QED) is 0.579. The Labute approximate surface area is 65.7 Å². The van der Waals surface area contributed by atoms with Crippen LogP contribution in [0.3, 0.4) is 0 Å². The maximum absolute atomic E-state index is 9.31. The van der Waals surface area contributed by atoms with Gasteiger partial charge in [-0.25, -0.2) is 0 Å². The average molecular weight is 162 g/mol. The van der Waals surface area contributed by atoms with E-state index in [-0.39, 0.29) is 18.8 Å². The van der Waals surface area contributed by atoms with E-state index in [1.807, 2.05) is 0 Å². The number of rotatable bonds is 3. The molecule has 3 atom stereocenters. The molecule has 4 heteroatoms. The first-order chi connectivity index (χ1) is 5.29. The number of aliphatic hydroxyl groups is 2. The molecule has 0 saturated carbocycles. The minimum absolute atomic E-state index is 0.0605. The zero-order valence-electron chi connectivity index (χ0n) is 6.56. The summed E-state index contributed by atoms with van der Waals surface area (Å²) >= 11 is 0. The van der Waals surface area contributed by atoms with Crippen molar-refractivity contribution < 1.29 is 19.7 Å². The van der Waals surface area contributed by atoms with Crippen LogP contribution >= 0.6 is 0 Å². The van der Waals surface area contributed by atoms with E-state index in [0.717, 1.165) is 0 Å². The van der Waals surface area contributed by atoms with E-state index in [1.165, 1.54) is 7.11 Å². The summed E-state index contributed by atoms with van der Waals surface area (Å²) in [4.78, 5) is 0. The van der Waals surface area contributed by atoms with Gasteiger partial charge in [-0.2, -0.15) is 0 Å². The number of ether oxygens (including phenoxy) is 2. The fraction of sp³-hybridized carbons (Fsp3) is 1.00. The van der Waals surface area contributed by atoms with Crippen LogP contribution in [0, 0.1) is 5.92 Å². The Morgan fingerprint density at radius 1 is 1.64 bits per heavy atom. The van der Waals surface area contributed by atoms with E-state index < -0.39 is 6.10 Å². The lowest BCUT2D eigenvalue weighted by molar-refractivity contribution is -0.113. The fourth-order valence-electron chi connectivity index (χ4n) is 1.34. The van der Waals surface area contributed by atoms with Gasteiger partial charge in [0.15, 0.2) is 6.29 Å². The van der Waals surface area contributed by atoms with Gasteiger partial charge in [-0.05, 0) is 6.42 Å². The van der Waals surface area contributed by atoms with Crippen molar-refractivity contribution in [1.82, 2.24) is 0 Å². The Hall–Kier alpha value is -0.160. The second-order valence-corrected chi connectivity index (χ2v) is 2.68. The third-order valence-corrected chi connectivity index (χ3v) is 1.97. The van der Waals surface area contributed by atoms with Gasteiger partial charge in [0.25, 0.3) is 0 Å². The first kappa shape index (κ1) is 8.93. The minimum atomic E-state index is -0.493. The van der Waals surface area contributed by atoms with Gasteiger partial charge in [-0.3, -0.25) is 0 Å². The highest BCUT2D eigenvalue weighted by molar-refractivity contribution is 4.77. The van der Waals surface area contributed by atoms with Crippen molar-refractivity contribution in [2.24, 2.45) is 5.92 Å². The van der Waals surface area contributed by atoms with Crippen molar-refractivity contribution in [3.05, 3.63) is 0 Å². The van der Waals surface area contributed by atoms with Crippen molar-refractivity contribution in [2.45, 2.75) is 18.8 Å². The lowest BCUT2D eigenvalue weighted by atomic mass is 10.0. The van der Waals surface area contributed by atoms with Crippen LogP contribution in [0.2, 0.25) is 0 Å². The smallest absolute Gasteiger partial charge is 0.162 e. The summed E-state index contributed by atoms with van der Waals surface area (Å²) < 4.78 is 10.0. The summed E-state index contributed by atoms with van der Waals surface area (Å²) in [5, 5.41) is 17.9. The van der Waals surface area contributed by atoms with Crippen LogP contribution in [0.15, 0.2) is 0 Å². The Morgan fingerprint density at radius 2 is 2.36 bits per heavy atom. The normalized spacial score (nSPS) is 37.9. The molecule has 1 unspecified atom stereocenters. The summed E-state index contributed by atoms with van der Waals surface area (Å²) in [6.07, 6.45) is -0.316. The SMILES string of the molecule is COC1OC[C@H](O)[C@@H]1CCO. The van der Waals surface area contributed by atoms with E-state index in [1.54, 1.807) is 0 Å². The van der Waals surface area contributed by atoms with Crippen LogP contribution in [-0.4, -0.2) is 42.9 Å². The third-order valence-electron chi connectivity index (χ3n) is 1.97. The van der Waals surface area contributed by atoms with Crippen molar-refractivity contribution >= 4 is 0 Å². The van der Waals surface area contributed by atoms with Crippen LogP contribution < -0.4 is 0 Å². The maximum atomic E-state index is 9.31. The van der Waals surface area contributed by atoms with Gasteiger partial charge >= 0.3 is 0 Å². The molecule has 1 aliphatic rings. The van der Waals surface area contributed by atoms with E-state index >= 15 is 0 Å². The minimum Gasteiger partial charge on any atom is -0.396 e. The Bertz CT molecular complexity index is 117. The average Bonchev–Trinajstić information content (AvgIpc) is 2.34. The second-order valence-electron chi connectivity index (χ2n) is 2.68. The number of aliphatic hydroxyl groups excluding tert-OH is 2. The van der Waals surface area contributed by atoms with Gasteiger partial charge in [0.2, 0.25) is 0 Å². The highest BCUT2D eigenvalue weighted by atomic mass is 16.7. The van der Waals surface area contributed by atoms with E-state index in [0.29, 0.717) is 13.0 Å². The molecular weight excluding hydrogens is 148 g/mol. The Morgan fingerprint density at radius 3 is 2.91 bits per heavy atom. The standard InChI is InChI=1S/C7H14O4/c1-10-7-5(2-3-8)6(9)4-11-7/h5-9H,2-4H2,1H3/t5-,6-,7?/m0/s1. The predicted octanol–water partition coefficient (Wildman–Crippen LogP) is -0.651. The fourth-order valence-corrected chi connectivity index (χ4v) is 1.34. The molecule has 0 aromatic rings. The van der Waals surface area contributed by atoms with Crippen LogP contribution in [0.5, 0.6) is 0 Å². The molecule has 66 valence electrons. The molecule has 1 aliphatic heterocycles. The van der Waals surface area contributed by atoms with Gasteiger partial charge in [0, 0.05) is 19.6 Å². The Balaban J connectivity index is 2.42. The molecular formula is C7H14O4. The van der Waals surface area contributed by atoms with Crippen molar-refractivity contribution in [3.63, 3.8) is 0 Å². The number of hydrogen-bond donors (Lipinski definition) is 2. The summed E-state index contributed by atoms with van der Waals surface area (Å²) in [5.41, 5.74) is 0. The van der Waals surface area contributed by atoms with Crippen LogP contribution in [0.1, 0.15) is 6.42 Å². The molecule has 0 spiro atoms.